The van der Waals surface area contributed by atoms with Crippen LogP contribution in [0.2, 0.25) is 0 Å². The third-order valence-electron chi connectivity index (χ3n) is 3.33. The molecule has 0 saturated carbocycles. The zero-order valence-electron chi connectivity index (χ0n) is 13.7. The number of hydrogen-bond acceptors (Lipinski definition) is 2. The molecule has 0 radical (unpaired) electrons. The van der Waals surface area contributed by atoms with Gasteiger partial charge in [0.15, 0.2) is 0 Å². The maximum atomic E-state index is 5.75. The molecule has 0 aliphatic heterocycles. The van der Waals surface area contributed by atoms with Crippen molar-refractivity contribution in [2.75, 3.05) is 13.2 Å². The Hall–Kier alpha value is -1.02. The van der Waals surface area contributed by atoms with Crippen LogP contribution in [0.1, 0.15) is 58.9 Å². The molecule has 0 aliphatic rings. The summed E-state index contributed by atoms with van der Waals surface area (Å²) in [6.45, 7) is 10.8. The molecule has 0 saturated heterocycles. The lowest BCUT2D eigenvalue weighted by molar-refractivity contribution is 0.303. The summed E-state index contributed by atoms with van der Waals surface area (Å²) in [5.74, 6) is 0.997. The molecule has 0 amide bonds. The van der Waals surface area contributed by atoms with Crippen LogP contribution in [0.4, 0.5) is 0 Å². The van der Waals surface area contributed by atoms with E-state index in [0.29, 0.717) is 0 Å². The number of benzene rings is 1. The van der Waals surface area contributed by atoms with Crippen LogP contribution in [0, 0.1) is 0 Å². The molecule has 1 aromatic carbocycles. The van der Waals surface area contributed by atoms with Crippen molar-refractivity contribution in [3.8, 4) is 5.75 Å². The van der Waals surface area contributed by atoms with Gasteiger partial charge in [0.2, 0.25) is 0 Å². The summed E-state index contributed by atoms with van der Waals surface area (Å²) in [5, 5.41) is 3.52. The van der Waals surface area contributed by atoms with Gasteiger partial charge in [0.05, 0.1) is 6.61 Å². The molecule has 0 aliphatic carbocycles. The monoisotopic (exact) mass is 277 g/mol. The minimum atomic E-state index is 0.244. The Morgan fingerprint density at radius 1 is 0.950 bits per heavy atom. The van der Waals surface area contributed by atoms with Crippen molar-refractivity contribution >= 4 is 0 Å². The Bertz CT molecular complexity index is 351. The molecule has 0 heterocycles. The minimum Gasteiger partial charge on any atom is -0.494 e. The maximum absolute atomic E-state index is 5.75. The van der Waals surface area contributed by atoms with E-state index in [1.807, 2.05) is 0 Å². The van der Waals surface area contributed by atoms with Gasteiger partial charge >= 0.3 is 0 Å². The molecule has 2 heteroatoms. The van der Waals surface area contributed by atoms with E-state index < -0.39 is 0 Å². The molecule has 2 nitrogen and oxygen atoms in total. The largest absolute Gasteiger partial charge is 0.494 e. The average Bonchev–Trinajstić information content (AvgIpc) is 2.41. The number of aryl methyl sites for hydroxylation is 1. The Morgan fingerprint density at radius 3 is 2.20 bits per heavy atom. The second-order valence-corrected chi connectivity index (χ2v) is 6.44. The first-order valence-electron chi connectivity index (χ1n) is 7.98. The summed E-state index contributed by atoms with van der Waals surface area (Å²) < 4.78 is 5.75. The fourth-order valence-corrected chi connectivity index (χ4v) is 2.06. The second-order valence-electron chi connectivity index (χ2n) is 6.44. The zero-order chi connectivity index (χ0) is 14.8. The van der Waals surface area contributed by atoms with Crippen molar-refractivity contribution in [1.82, 2.24) is 5.32 Å². The molecule has 0 unspecified atom stereocenters. The fourth-order valence-electron chi connectivity index (χ4n) is 2.06. The van der Waals surface area contributed by atoms with Crippen molar-refractivity contribution < 1.29 is 4.74 Å². The molecule has 0 atom stereocenters. The van der Waals surface area contributed by atoms with Crippen LogP contribution in [0.15, 0.2) is 24.3 Å². The van der Waals surface area contributed by atoms with E-state index in [9.17, 15) is 0 Å². The number of nitrogens with one attached hydrogen (secondary N) is 1. The minimum absolute atomic E-state index is 0.244. The van der Waals surface area contributed by atoms with Gasteiger partial charge in [-0.3, -0.25) is 0 Å². The highest BCUT2D eigenvalue weighted by molar-refractivity contribution is 5.27. The van der Waals surface area contributed by atoms with E-state index in [0.717, 1.165) is 31.7 Å². The van der Waals surface area contributed by atoms with Crippen molar-refractivity contribution in [3.63, 3.8) is 0 Å². The number of rotatable bonds is 9. The number of unbranched alkanes of at least 4 members (excludes halogenated alkanes) is 3. The Kier molecular flexibility index (Phi) is 7.68. The van der Waals surface area contributed by atoms with E-state index >= 15 is 0 Å². The van der Waals surface area contributed by atoms with Gasteiger partial charge in [0, 0.05) is 5.54 Å². The Labute approximate surface area is 124 Å². The van der Waals surface area contributed by atoms with Crippen LogP contribution in [-0.2, 0) is 6.42 Å². The molecule has 0 spiro atoms. The molecular weight excluding hydrogens is 246 g/mol. The van der Waals surface area contributed by atoms with E-state index in [-0.39, 0.29) is 5.54 Å². The van der Waals surface area contributed by atoms with Gasteiger partial charge in [-0.05, 0) is 64.3 Å². The molecule has 1 N–H and O–H groups in total. The van der Waals surface area contributed by atoms with Crippen molar-refractivity contribution in [1.29, 1.82) is 0 Å². The lowest BCUT2D eigenvalue weighted by Crippen LogP contribution is -2.36. The highest BCUT2D eigenvalue weighted by atomic mass is 16.5. The summed E-state index contributed by atoms with van der Waals surface area (Å²) in [4.78, 5) is 0. The van der Waals surface area contributed by atoms with Crippen molar-refractivity contribution in [2.45, 2.75) is 65.3 Å². The molecule has 20 heavy (non-hydrogen) atoms. The molecule has 0 aromatic heterocycles. The first-order valence-corrected chi connectivity index (χ1v) is 7.98. The summed E-state index contributed by atoms with van der Waals surface area (Å²) in [6, 6.07) is 8.44. The van der Waals surface area contributed by atoms with Gasteiger partial charge in [0.1, 0.15) is 5.75 Å². The molecule has 0 bridgehead atoms. The predicted octanol–water partition coefficient (Wildman–Crippen LogP) is 4.58. The lowest BCUT2D eigenvalue weighted by atomic mass is 10.1. The molecular formula is C18H31NO. The van der Waals surface area contributed by atoms with Crippen molar-refractivity contribution in [2.24, 2.45) is 0 Å². The summed E-state index contributed by atoms with van der Waals surface area (Å²) in [6.07, 6.45) is 6.01. The van der Waals surface area contributed by atoms with E-state index in [2.05, 4.69) is 57.3 Å². The molecule has 1 rings (SSSR count). The lowest BCUT2D eigenvalue weighted by Gasteiger charge is -2.20. The van der Waals surface area contributed by atoms with E-state index in [1.165, 1.54) is 24.8 Å². The Balaban J connectivity index is 1.99. The van der Waals surface area contributed by atoms with Gasteiger partial charge in [-0.25, -0.2) is 0 Å². The Morgan fingerprint density at radius 2 is 1.60 bits per heavy atom. The van der Waals surface area contributed by atoms with Gasteiger partial charge < -0.3 is 10.1 Å². The summed E-state index contributed by atoms with van der Waals surface area (Å²) in [5.41, 5.74) is 1.61. The molecule has 0 fully saturated rings. The quantitative estimate of drug-likeness (QED) is 0.667. The van der Waals surface area contributed by atoms with Gasteiger partial charge in [-0.1, -0.05) is 31.9 Å². The molecule has 1 aromatic rings. The van der Waals surface area contributed by atoms with Gasteiger partial charge in [-0.15, -0.1) is 0 Å². The average molecular weight is 277 g/mol. The van der Waals surface area contributed by atoms with Gasteiger partial charge in [-0.2, -0.15) is 0 Å². The van der Waals surface area contributed by atoms with Crippen LogP contribution in [0.5, 0.6) is 5.75 Å². The van der Waals surface area contributed by atoms with Crippen molar-refractivity contribution in [3.05, 3.63) is 29.8 Å². The number of hydrogen-bond donors (Lipinski definition) is 1. The van der Waals surface area contributed by atoms with E-state index in [1.54, 1.807) is 0 Å². The number of ether oxygens (including phenoxy) is 1. The third-order valence-corrected chi connectivity index (χ3v) is 3.33. The van der Waals surface area contributed by atoms with Crippen LogP contribution >= 0.6 is 0 Å². The van der Waals surface area contributed by atoms with E-state index in [4.69, 9.17) is 4.74 Å². The fraction of sp³-hybridized carbons (Fsp3) is 0.667. The highest BCUT2D eigenvalue weighted by Gasteiger charge is 2.06. The van der Waals surface area contributed by atoms with Crippen LogP contribution in [0.25, 0.3) is 0 Å². The predicted molar refractivity (Wildman–Crippen MR) is 87.5 cm³/mol. The highest BCUT2D eigenvalue weighted by Crippen LogP contribution is 2.13. The third kappa shape index (κ3) is 8.21. The van der Waals surface area contributed by atoms with Crippen LogP contribution < -0.4 is 10.1 Å². The van der Waals surface area contributed by atoms with Crippen LogP contribution in [-0.4, -0.2) is 18.7 Å². The van der Waals surface area contributed by atoms with Gasteiger partial charge in [0.25, 0.3) is 0 Å². The summed E-state index contributed by atoms with van der Waals surface area (Å²) >= 11 is 0. The first-order chi connectivity index (χ1) is 9.51. The summed E-state index contributed by atoms with van der Waals surface area (Å²) in [7, 11) is 0. The van der Waals surface area contributed by atoms with Crippen LogP contribution in [0.3, 0.4) is 0 Å². The topological polar surface area (TPSA) is 21.3 Å². The SMILES string of the molecule is CCc1ccc(OCCCCCCNC(C)(C)C)cc1. The normalized spacial score (nSPS) is 11.6. The maximum Gasteiger partial charge on any atom is 0.119 e. The first kappa shape index (κ1) is 17.0. The smallest absolute Gasteiger partial charge is 0.119 e. The zero-order valence-corrected chi connectivity index (χ0v) is 13.7. The standard InChI is InChI=1S/C18H31NO/c1-5-16-10-12-17(13-11-16)20-15-9-7-6-8-14-19-18(2,3)4/h10-13,19H,5-9,14-15H2,1-4H3. The molecule has 114 valence electrons. The second kappa shape index (κ2) is 9.02.